The molecule has 0 amide bonds. The molecule has 0 saturated carbocycles. The van der Waals surface area contributed by atoms with Crippen molar-refractivity contribution in [2.45, 2.75) is 44.0 Å². The van der Waals surface area contributed by atoms with Crippen molar-refractivity contribution in [2.24, 2.45) is 0 Å². The average molecular weight is 309 g/mol. The molecule has 2 rings (SSSR count). The summed E-state index contributed by atoms with van der Waals surface area (Å²) >= 11 is 0. The van der Waals surface area contributed by atoms with Gasteiger partial charge in [-0.2, -0.15) is 4.31 Å². The Hall–Kier alpha value is -1.53. The molecule has 0 aliphatic carbocycles. The summed E-state index contributed by atoms with van der Waals surface area (Å²) in [4.78, 5) is 22.7. The molecule has 21 heavy (non-hydrogen) atoms. The number of rotatable bonds is 5. The predicted molar refractivity (Wildman–Crippen MR) is 78.7 cm³/mol. The third-order valence-electron chi connectivity index (χ3n) is 3.71. The van der Waals surface area contributed by atoms with Crippen molar-refractivity contribution in [1.29, 1.82) is 0 Å². The normalized spacial score (nSPS) is 19.6. The number of carbonyl (C=O) groups is 2. The molecule has 1 fully saturated rings. The summed E-state index contributed by atoms with van der Waals surface area (Å²) in [6, 6.07) is 5.70. The predicted octanol–water partition coefficient (Wildman–Crippen LogP) is 2.02. The molecule has 1 aromatic carbocycles. The quantitative estimate of drug-likeness (QED) is 0.780. The Morgan fingerprint density at radius 2 is 1.81 bits per heavy atom. The highest BCUT2D eigenvalue weighted by Gasteiger charge is 2.35. The van der Waals surface area contributed by atoms with Crippen LogP contribution in [-0.4, -0.2) is 36.9 Å². The van der Waals surface area contributed by atoms with Gasteiger partial charge in [-0.15, -0.1) is 0 Å². The second kappa shape index (κ2) is 6.07. The van der Waals surface area contributed by atoms with Gasteiger partial charge in [0.1, 0.15) is 5.78 Å². The molecule has 1 aliphatic heterocycles. The highest BCUT2D eigenvalue weighted by molar-refractivity contribution is 7.89. The van der Waals surface area contributed by atoms with Gasteiger partial charge in [0.05, 0.1) is 4.90 Å². The molecule has 0 radical (unpaired) electrons. The number of nitrogens with zero attached hydrogens (tertiary/aromatic N) is 1. The van der Waals surface area contributed by atoms with Crippen molar-refractivity contribution in [1.82, 2.24) is 4.31 Å². The minimum Gasteiger partial charge on any atom is -0.300 e. The van der Waals surface area contributed by atoms with Crippen molar-refractivity contribution in [2.75, 3.05) is 6.54 Å². The molecule has 1 saturated heterocycles. The van der Waals surface area contributed by atoms with E-state index in [0.29, 0.717) is 18.5 Å². The zero-order valence-corrected chi connectivity index (χ0v) is 13.0. The highest BCUT2D eigenvalue weighted by atomic mass is 32.2. The lowest BCUT2D eigenvalue weighted by molar-refractivity contribution is -0.117. The van der Waals surface area contributed by atoms with Crippen molar-refractivity contribution in [3.05, 3.63) is 29.8 Å². The van der Waals surface area contributed by atoms with Gasteiger partial charge in [-0.3, -0.25) is 9.59 Å². The second-order valence-electron chi connectivity index (χ2n) is 5.40. The van der Waals surface area contributed by atoms with Crippen LogP contribution in [0.3, 0.4) is 0 Å². The molecule has 6 heteroatoms. The van der Waals surface area contributed by atoms with Crippen molar-refractivity contribution >= 4 is 21.6 Å². The van der Waals surface area contributed by atoms with E-state index in [1.54, 1.807) is 0 Å². The first kappa shape index (κ1) is 15.9. The fourth-order valence-corrected chi connectivity index (χ4v) is 4.35. The Labute approximate surface area is 125 Å². The number of hydrogen-bond acceptors (Lipinski definition) is 4. The van der Waals surface area contributed by atoms with Crippen LogP contribution < -0.4 is 0 Å². The van der Waals surface area contributed by atoms with E-state index in [1.165, 1.54) is 42.4 Å². The summed E-state index contributed by atoms with van der Waals surface area (Å²) in [6.45, 7) is 3.35. The van der Waals surface area contributed by atoms with Gasteiger partial charge in [0.15, 0.2) is 5.78 Å². The molecule has 114 valence electrons. The SMILES string of the molecule is CC(=O)CC1CCCN1S(=O)(=O)c1ccc(C(C)=O)cc1. The van der Waals surface area contributed by atoms with E-state index in [1.807, 2.05) is 0 Å². The monoisotopic (exact) mass is 309 g/mol. The van der Waals surface area contributed by atoms with E-state index in [9.17, 15) is 18.0 Å². The molecule has 0 bridgehead atoms. The lowest BCUT2D eigenvalue weighted by Crippen LogP contribution is -2.36. The molecule has 0 aromatic heterocycles. The maximum atomic E-state index is 12.6. The number of carbonyl (C=O) groups excluding carboxylic acids is 2. The van der Waals surface area contributed by atoms with E-state index >= 15 is 0 Å². The summed E-state index contributed by atoms with van der Waals surface area (Å²) in [5.74, 6) is -0.108. The third-order valence-corrected chi connectivity index (χ3v) is 5.68. The van der Waals surface area contributed by atoms with Gasteiger partial charge in [0, 0.05) is 24.6 Å². The van der Waals surface area contributed by atoms with E-state index in [-0.39, 0.29) is 28.9 Å². The molecule has 5 nitrogen and oxygen atoms in total. The fraction of sp³-hybridized carbons (Fsp3) is 0.467. The van der Waals surface area contributed by atoms with Gasteiger partial charge >= 0.3 is 0 Å². The summed E-state index contributed by atoms with van der Waals surface area (Å²) in [5.41, 5.74) is 0.482. The van der Waals surface area contributed by atoms with Crippen LogP contribution in [0, 0.1) is 0 Å². The van der Waals surface area contributed by atoms with Crippen LogP contribution >= 0.6 is 0 Å². The zero-order chi connectivity index (χ0) is 15.6. The molecular formula is C15H19NO4S. The maximum Gasteiger partial charge on any atom is 0.243 e. The number of Topliss-reactive ketones (excluding diaryl/α,β-unsaturated/α-hetero) is 2. The smallest absolute Gasteiger partial charge is 0.243 e. The Kier molecular flexibility index (Phi) is 4.58. The number of ketones is 2. The Morgan fingerprint density at radius 3 is 2.33 bits per heavy atom. The van der Waals surface area contributed by atoms with Crippen LogP contribution in [0.1, 0.15) is 43.5 Å². The van der Waals surface area contributed by atoms with Crippen molar-refractivity contribution in [3.63, 3.8) is 0 Å². The first-order valence-corrected chi connectivity index (χ1v) is 8.38. The Morgan fingerprint density at radius 1 is 1.19 bits per heavy atom. The summed E-state index contributed by atoms with van der Waals surface area (Å²) in [6.07, 6.45) is 1.73. The van der Waals surface area contributed by atoms with E-state index in [2.05, 4.69) is 0 Å². The van der Waals surface area contributed by atoms with Gasteiger partial charge in [-0.25, -0.2) is 8.42 Å². The third kappa shape index (κ3) is 3.39. The van der Waals surface area contributed by atoms with Gasteiger partial charge in [-0.05, 0) is 38.8 Å². The first-order chi connectivity index (χ1) is 9.82. The highest BCUT2D eigenvalue weighted by Crippen LogP contribution is 2.28. The molecular weight excluding hydrogens is 290 g/mol. The fourth-order valence-electron chi connectivity index (χ4n) is 2.66. The van der Waals surface area contributed by atoms with Crippen molar-refractivity contribution < 1.29 is 18.0 Å². The lowest BCUT2D eigenvalue weighted by atomic mass is 10.1. The largest absolute Gasteiger partial charge is 0.300 e. The number of benzene rings is 1. The maximum absolute atomic E-state index is 12.6. The van der Waals surface area contributed by atoms with Crippen LogP contribution in [-0.2, 0) is 14.8 Å². The van der Waals surface area contributed by atoms with Crippen molar-refractivity contribution in [3.8, 4) is 0 Å². The van der Waals surface area contributed by atoms with Crippen LogP contribution in [0.5, 0.6) is 0 Å². The molecule has 1 aliphatic rings. The first-order valence-electron chi connectivity index (χ1n) is 6.94. The average Bonchev–Trinajstić information content (AvgIpc) is 2.86. The topological polar surface area (TPSA) is 71.5 Å². The van der Waals surface area contributed by atoms with Gasteiger partial charge in [-0.1, -0.05) is 12.1 Å². The van der Waals surface area contributed by atoms with E-state index in [4.69, 9.17) is 0 Å². The molecule has 1 unspecified atom stereocenters. The number of sulfonamides is 1. The molecule has 1 heterocycles. The molecule has 0 N–H and O–H groups in total. The standard InChI is InChI=1S/C15H19NO4S/c1-11(17)10-14-4-3-9-16(14)21(19,20)15-7-5-13(6-8-15)12(2)18/h5-8,14H,3-4,9-10H2,1-2H3. The van der Waals surface area contributed by atoms with Crippen LogP contribution in [0.4, 0.5) is 0 Å². The van der Waals surface area contributed by atoms with Gasteiger partial charge < -0.3 is 0 Å². The Balaban J connectivity index is 2.28. The minimum atomic E-state index is -3.61. The Bertz CT molecular complexity index is 649. The van der Waals surface area contributed by atoms with Crippen LogP contribution in [0.2, 0.25) is 0 Å². The lowest BCUT2D eigenvalue weighted by Gasteiger charge is -2.23. The molecule has 1 atom stereocenters. The summed E-state index contributed by atoms with van der Waals surface area (Å²) in [5, 5.41) is 0. The minimum absolute atomic E-state index is 0.00553. The number of hydrogen-bond donors (Lipinski definition) is 0. The molecule has 1 aromatic rings. The van der Waals surface area contributed by atoms with E-state index in [0.717, 1.165) is 6.42 Å². The summed E-state index contributed by atoms with van der Waals surface area (Å²) in [7, 11) is -3.61. The van der Waals surface area contributed by atoms with Crippen LogP contribution in [0.25, 0.3) is 0 Å². The second-order valence-corrected chi connectivity index (χ2v) is 7.29. The van der Waals surface area contributed by atoms with Gasteiger partial charge in [0.2, 0.25) is 10.0 Å². The summed E-state index contributed by atoms with van der Waals surface area (Å²) < 4.78 is 26.7. The zero-order valence-electron chi connectivity index (χ0n) is 12.2. The van der Waals surface area contributed by atoms with Crippen LogP contribution in [0.15, 0.2) is 29.2 Å². The molecule has 0 spiro atoms. The van der Waals surface area contributed by atoms with E-state index < -0.39 is 10.0 Å². The van der Waals surface area contributed by atoms with Gasteiger partial charge in [0.25, 0.3) is 0 Å².